The van der Waals surface area contributed by atoms with E-state index in [0.29, 0.717) is 13.0 Å². The molecule has 19 heavy (non-hydrogen) atoms. The van der Waals surface area contributed by atoms with Gasteiger partial charge in [0.2, 0.25) is 15.9 Å². The Labute approximate surface area is 121 Å². The molecule has 0 aliphatic carbocycles. The molecule has 1 saturated heterocycles. The van der Waals surface area contributed by atoms with Gasteiger partial charge in [-0.2, -0.15) is 11.8 Å². The van der Waals surface area contributed by atoms with Gasteiger partial charge in [0.05, 0.1) is 0 Å². The molecule has 1 aromatic rings. The summed E-state index contributed by atoms with van der Waals surface area (Å²) in [5.41, 5.74) is 0. The van der Waals surface area contributed by atoms with Crippen molar-refractivity contribution in [1.82, 2.24) is 5.32 Å². The van der Waals surface area contributed by atoms with Gasteiger partial charge in [0, 0.05) is 23.1 Å². The van der Waals surface area contributed by atoms with E-state index in [4.69, 9.17) is 5.14 Å². The van der Waals surface area contributed by atoms with Gasteiger partial charge < -0.3 is 5.32 Å². The summed E-state index contributed by atoms with van der Waals surface area (Å²) in [4.78, 5) is 12.7. The number of hydrogen-bond acceptors (Lipinski definition) is 5. The fraction of sp³-hybridized carbons (Fsp3) is 0.545. The molecular formula is C11H16N2O3S3. The van der Waals surface area contributed by atoms with Crippen LogP contribution in [0.2, 0.25) is 0 Å². The molecule has 3 N–H and O–H groups in total. The summed E-state index contributed by atoms with van der Waals surface area (Å²) in [6.45, 7) is 0.532. The number of nitrogens with one attached hydrogen (secondary N) is 1. The second kappa shape index (κ2) is 6.25. The van der Waals surface area contributed by atoms with Crippen molar-refractivity contribution in [2.45, 2.75) is 17.1 Å². The Kier molecular flexibility index (Phi) is 4.88. The summed E-state index contributed by atoms with van der Waals surface area (Å²) in [7, 11) is -3.61. The number of amides is 1. The Morgan fingerprint density at radius 1 is 1.47 bits per heavy atom. The van der Waals surface area contributed by atoms with Crippen LogP contribution in [0.25, 0.3) is 0 Å². The number of thioether (sulfide) groups is 1. The van der Waals surface area contributed by atoms with Crippen molar-refractivity contribution >= 4 is 39.0 Å². The largest absolute Gasteiger partial charge is 0.355 e. The number of nitrogens with two attached hydrogens (primary N) is 1. The molecule has 2 rings (SSSR count). The highest BCUT2D eigenvalue weighted by Crippen LogP contribution is 2.23. The van der Waals surface area contributed by atoms with Gasteiger partial charge in [0.1, 0.15) is 4.21 Å². The van der Waals surface area contributed by atoms with Crippen LogP contribution in [0.15, 0.2) is 16.3 Å². The lowest BCUT2D eigenvalue weighted by atomic mass is 10.1. The van der Waals surface area contributed by atoms with E-state index in [0.717, 1.165) is 34.1 Å². The molecule has 1 aliphatic heterocycles. The summed E-state index contributed by atoms with van der Waals surface area (Å²) >= 11 is 2.96. The van der Waals surface area contributed by atoms with Crippen molar-refractivity contribution in [2.75, 3.05) is 18.1 Å². The molecule has 5 nitrogen and oxygen atoms in total. The first-order valence-electron chi connectivity index (χ1n) is 5.94. The van der Waals surface area contributed by atoms with Crippen LogP contribution >= 0.6 is 23.1 Å². The molecule has 1 fully saturated rings. The van der Waals surface area contributed by atoms with E-state index in [1.165, 1.54) is 6.07 Å². The van der Waals surface area contributed by atoms with Gasteiger partial charge in [-0.15, -0.1) is 11.3 Å². The van der Waals surface area contributed by atoms with E-state index in [1.807, 2.05) is 11.8 Å². The Morgan fingerprint density at radius 3 is 2.84 bits per heavy atom. The number of hydrogen-bond donors (Lipinski definition) is 2. The predicted octanol–water partition coefficient (Wildman–Crippen LogP) is 0.807. The van der Waals surface area contributed by atoms with Crippen LogP contribution < -0.4 is 10.5 Å². The normalized spacial score (nSPS) is 19.5. The molecule has 2 heterocycles. The lowest BCUT2D eigenvalue weighted by molar-refractivity contribution is -0.124. The molecule has 1 unspecified atom stereocenters. The molecule has 0 spiro atoms. The predicted molar refractivity (Wildman–Crippen MR) is 77.8 cm³/mol. The van der Waals surface area contributed by atoms with Crippen molar-refractivity contribution in [3.8, 4) is 0 Å². The molecule has 1 amide bonds. The number of carbonyl (C=O) groups is 1. The quantitative estimate of drug-likeness (QED) is 0.840. The van der Waals surface area contributed by atoms with Gasteiger partial charge in [0.25, 0.3) is 0 Å². The van der Waals surface area contributed by atoms with Gasteiger partial charge in [-0.05, 0) is 30.7 Å². The van der Waals surface area contributed by atoms with Crippen molar-refractivity contribution in [3.63, 3.8) is 0 Å². The van der Waals surface area contributed by atoms with Gasteiger partial charge in [-0.25, -0.2) is 13.6 Å². The topological polar surface area (TPSA) is 89.3 Å². The molecule has 1 aromatic heterocycles. The number of thiophene rings is 1. The second-order valence-electron chi connectivity index (χ2n) is 4.37. The molecular weight excluding hydrogens is 304 g/mol. The van der Waals surface area contributed by atoms with Crippen molar-refractivity contribution in [1.29, 1.82) is 0 Å². The summed E-state index contributed by atoms with van der Waals surface area (Å²) in [6.07, 6.45) is 1.58. The van der Waals surface area contributed by atoms with Gasteiger partial charge in [-0.1, -0.05) is 0 Å². The zero-order valence-corrected chi connectivity index (χ0v) is 12.7. The first kappa shape index (κ1) is 14.8. The minimum absolute atomic E-state index is 0.105. The highest BCUT2D eigenvalue weighted by atomic mass is 32.2. The Bertz CT molecular complexity index is 547. The van der Waals surface area contributed by atoms with E-state index >= 15 is 0 Å². The van der Waals surface area contributed by atoms with Gasteiger partial charge >= 0.3 is 0 Å². The van der Waals surface area contributed by atoms with Crippen molar-refractivity contribution in [2.24, 2.45) is 11.1 Å². The molecule has 1 aliphatic rings. The summed E-state index contributed by atoms with van der Waals surface area (Å²) < 4.78 is 22.4. The fourth-order valence-electron chi connectivity index (χ4n) is 1.84. The Balaban J connectivity index is 1.79. The molecule has 8 heteroatoms. The van der Waals surface area contributed by atoms with Gasteiger partial charge in [-0.3, -0.25) is 4.79 Å². The molecule has 0 saturated carbocycles. The summed E-state index contributed by atoms with van der Waals surface area (Å²) in [5.74, 6) is 2.20. The van der Waals surface area contributed by atoms with E-state index in [2.05, 4.69) is 5.32 Å². The third-order valence-corrected chi connectivity index (χ3v) is 6.63. The molecule has 1 atom stereocenters. The summed E-state index contributed by atoms with van der Waals surface area (Å²) in [6, 6.07) is 3.24. The van der Waals surface area contributed by atoms with Crippen LogP contribution in [0.3, 0.4) is 0 Å². The number of sulfonamides is 1. The molecule has 0 aromatic carbocycles. The molecule has 0 radical (unpaired) electrons. The minimum atomic E-state index is -3.61. The van der Waals surface area contributed by atoms with E-state index < -0.39 is 10.0 Å². The smallest absolute Gasteiger partial charge is 0.247 e. The van der Waals surface area contributed by atoms with Crippen molar-refractivity contribution < 1.29 is 13.2 Å². The maximum absolute atomic E-state index is 11.8. The van der Waals surface area contributed by atoms with Gasteiger partial charge in [0.15, 0.2) is 0 Å². The lowest BCUT2D eigenvalue weighted by Crippen LogP contribution is -2.32. The second-order valence-corrected chi connectivity index (χ2v) is 8.47. The molecule has 0 bridgehead atoms. The van der Waals surface area contributed by atoms with Crippen LogP contribution in [0.5, 0.6) is 0 Å². The van der Waals surface area contributed by atoms with E-state index in [9.17, 15) is 13.2 Å². The highest BCUT2D eigenvalue weighted by molar-refractivity contribution is 7.99. The first-order chi connectivity index (χ1) is 8.97. The highest BCUT2D eigenvalue weighted by Gasteiger charge is 2.22. The number of rotatable bonds is 5. The van der Waals surface area contributed by atoms with E-state index in [1.54, 1.807) is 6.07 Å². The zero-order valence-electron chi connectivity index (χ0n) is 10.3. The third kappa shape index (κ3) is 4.20. The van der Waals surface area contributed by atoms with Crippen molar-refractivity contribution in [3.05, 3.63) is 17.0 Å². The lowest BCUT2D eigenvalue weighted by Gasteiger charge is -2.08. The third-order valence-electron chi connectivity index (χ3n) is 2.89. The standard InChI is InChI=1S/C11H16N2O3S3/c12-19(15,16)10-2-1-9(18-10)3-5-13-11(14)8-4-6-17-7-8/h1-2,8H,3-7H2,(H,13,14)(H2,12,15,16). The number of carbonyl (C=O) groups excluding carboxylic acids is 1. The van der Waals surface area contributed by atoms with Crippen LogP contribution in [-0.2, 0) is 21.2 Å². The SMILES string of the molecule is NS(=O)(=O)c1ccc(CCNC(=O)C2CCSC2)s1. The van der Waals surface area contributed by atoms with Crippen LogP contribution in [0.1, 0.15) is 11.3 Å². The molecule has 106 valence electrons. The van der Waals surface area contributed by atoms with E-state index in [-0.39, 0.29) is 16.0 Å². The minimum Gasteiger partial charge on any atom is -0.355 e. The monoisotopic (exact) mass is 320 g/mol. The Morgan fingerprint density at radius 2 is 2.26 bits per heavy atom. The first-order valence-corrected chi connectivity index (χ1v) is 9.45. The van der Waals surface area contributed by atoms with Crippen LogP contribution in [0.4, 0.5) is 0 Å². The van der Waals surface area contributed by atoms with Crippen LogP contribution in [-0.4, -0.2) is 32.4 Å². The number of primary sulfonamides is 1. The van der Waals surface area contributed by atoms with Crippen LogP contribution in [0, 0.1) is 5.92 Å². The maximum atomic E-state index is 11.8. The maximum Gasteiger partial charge on any atom is 0.247 e. The fourth-order valence-corrected chi connectivity index (χ4v) is 4.84. The average Bonchev–Trinajstić information content (AvgIpc) is 2.99. The Hall–Kier alpha value is -0.570. The average molecular weight is 320 g/mol. The zero-order chi connectivity index (χ0) is 13.9. The summed E-state index contributed by atoms with van der Waals surface area (Å²) in [5, 5.41) is 7.94.